The minimum Gasteiger partial charge on any atom is -0.294 e. The number of rotatable bonds is 4. The standard InChI is InChI=1S/C17H16BrF3N2O/c18-14-15(13(9-5-6-9)10-7-8-10)22-23(16(14)24)12-4-2-1-3-11(12)17(19,20)21/h1-4,9-10,13,22H,5-8H2. The zero-order valence-electron chi connectivity index (χ0n) is 12.7. The van der Waals surface area contributed by atoms with E-state index in [0.29, 0.717) is 16.3 Å². The topological polar surface area (TPSA) is 37.8 Å². The van der Waals surface area contributed by atoms with Crippen LogP contribution in [-0.4, -0.2) is 9.78 Å². The van der Waals surface area contributed by atoms with Gasteiger partial charge in [-0.3, -0.25) is 9.89 Å². The number of aromatic amines is 1. The Labute approximate surface area is 145 Å². The van der Waals surface area contributed by atoms with Gasteiger partial charge in [0.05, 0.1) is 16.9 Å². The van der Waals surface area contributed by atoms with Gasteiger partial charge in [-0.1, -0.05) is 12.1 Å². The molecule has 0 spiro atoms. The van der Waals surface area contributed by atoms with Gasteiger partial charge in [-0.05, 0) is 65.6 Å². The second kappa shape index (κ2) is 5.51. The number of hydrogen-bond acceptors (Lipinski definition) is 1. The van der Waals surface area contributed by atoms with E-state index >= 15 is 0 Å². The van der Waals surface area contributed by atoms with Crippen LogP contribution in [0.15, 0.2) is 33.5 Å². The van der Waals surface area contributed by atoms with Crippen LogP contribution in [0.2, 0.25) is 0 Å². The first-order valence-electron chi connectivity index (χ1n) is 8.05. The largest absolute Gasteiger partial charge is 0.418 e. The molecule has 2 fully saturated rings. The lowest BCUT2D eigenvalue weighted by atomic mass is 9.94. The van der Waals surface area contributed by atoms with Gasteiger partial charge in [-0.2, -0.15) is 13.2 Å². The maximum atomic E-state index is 13.3. The number of halogens is 4. The molecule has 0 atom stereocenters. The van der Waals surface area contributed by atoms with Crippen LogP contribution in [0.25, 0.3) is 5.69 Å². The van der Waals surface area contributed by atoms with Crippen LogP contribution in [0, 0.1) is 11.8 Å². The first-order valence-corrected chi connectivity index (χ1v) is 8.84. The molecule has 0 aliphatic heterocycles. The van der Waals surface area contributed by atoms with Crippen molar-refractivity contribution >= 4 is 15.9 Å². The van der Waals surface area contributed by atoms with E-state index in [1.807, 2.05) is 0 Å². The van der Waals surface area contributed by atoms with Crippen molar-refractivity contribution in [3.8, 4) is 5.69 Å². The molecule has 0 unspecified atom stereocenters. The molecule has 128 valence electrons. The fourth-order valence-corrected chi connectivity index (χ4v) is 4.03. The van der Waals surface area contributed by atoms with Crippen molar-refractivity contribution in [2.75, 3.05) is 0 Å². The second-order valence-corrected chi connectivity index (χ2v) is 7.49. The summed E-state index contributed by atoms with van der Waals surface area (Å²) in [5.41, 5.74) is -0.691. The van der Waals surface area contributed by atoms with Gasteiger partial charge in [0.15, 0.2) is 0 Å². The van der Waals surface area contributed by atoms with Crippen molar-refractivity contribution in [3.05, 3.63) is 50.3 Å². The van der Waals surface area contributed by atoms with Gasteiger partial charge in [0, 0.05) is 5.92 Å². The maximum absolute atomic E-state index is 13.3. The van der Waals surface area contributed by atoms with E-state index in [9.17, 15) is 18.0 Å². The van der Waals surface area contributed by atoms with Crippen molar-refractivity contribution in [2.45, 2.75) is 37.8 Å². The van der Waals surface area contributed by atoms with Crippen molar-refractivity contribution in [2.24, 2.45) is 11.8 Å². The van der Waals surface area contributed by atoms with Crippen molar-refractivity contribution in [1.82, 2.24) is 9.78 Å². The van der Waals surface area contributed by atoms with Crippen LogP contribution in [-0.2, 0) is 6.18 Å². The number of hydrogen-bond donors (Lipinski definition) is 1. The molecule has 2 saturated carbocycles. The fraction of sp³-hybridized carbons (Fsp3) is 0.471. The monoisotopic (exact) mass is 400 g/mol. The molecule has 3 nitrogen and oxygen atoms in total. The minimum absolute atomic E-state index is 0.160. The van der Waals surface area contributed by atoms with Crippen LogP contribution in [0.1, 0.15) is 42.9 Å². The Morgan fingerprint density at radius 2 is 1.71 bits per heavy atom. The first-order chi connectivity index (χ1) is 11.4. The van der Waals surface area contributed by atoms with Gasteiger partial charge in [-0.15, -0.1) is 0 Å². The summed E-state index contributed by atoms with van der Waals surface area (Å²) in [6, 6.07) is 5.15. The number of nitrogens with zero attached hydrogens (tertiary/aromatic N) is 1. The predicted octanol–water partition coefficient (Wildman–Crippen LogP) is 4.85. The van der Waals surface area contributed by atoms with Gasteiger partial charge in [-0.25, -0.2) is 4.68 Å². The number of H-pyrrole nitrogens is 1. The Morgan fingerprint density at radius 1 is 1.12 bits per heavy atom. The molecule has 0 radical (unpaired) electrons. The second-order valence-electron chi connectivity index (χ2n) is 6.70. The van der Waals surface area contributed by atoms with Crippen molar-refractivity contribution < 1.29 is 13.2 Å². The molecule has 2 aromatic rings. The number of para-hydroxylation sites is 1. The third kappa shape index (κ3) is 2.72. The van der Waals surface area contributed by atoms with Crippen molar-refractivity contribution in [3.63, 3.8) is 0 Å². The number of alkyl halides is 3. The third-order valence-corrected chi connectivity index (χ3v) is 5.67. The molecular weight excluding hydrogens is 385 g/mol. The zero-order valence-corrected chi connectivity index (χ0v) is 14.3. The average Bonchev–Trinajstić information content (AvgIpc) is 3.43. The maximum Gasteiger partial charge on any atom is 0.418 e. The molecule has 1 aromatic heterocycles. The van der Waals surface area contributed by atoms with Gasteiger partial charge in [0.2, 0.25) is 0 Å². The molecular formula is C17H16BrF3N2O. The quantitative estimate of drug-likeness (QED) is 0.782. The van der Waals surface area contributed by atoms with Crippen LogP contribution in [0.4, 0.5) is 13.2 Å². The Hall–Kier alpha value is -1.50. The van der Waals surface area contributed by atoms with E-state index in [1.165, 1.54) is 18.2 Å². The average molecular weight is 401 g/mol. The van der Waals surface area contributed by atoms with Crippen LogP contribution in [0.3, 0.4) is 0 Å². The summed E-state index contributed by atoms with van der Waals surface area (Å²) in [7, 11) is 0. The lowest BCUT2D eigenvalue weighted by molar-refractivity contribution is -0.137. The fourth-order valence-electron chi connectivity index (χ4n) is 3.50. The number of nitrogens with one attached hydrogen (secondary N) is 1. The molecule has 1 heterocycles. The van der Waals surface area contributed by atoms with Crippen LogP contribution in [0.5, 0.6) is 0 Å². The summed E-state index contributed by atoms with van der Waals surface area (Å²) < 4.78 is 41.2. The smallest absolute Gasteiger partial charge is 0.294 e. The van der Waals surface area contributed by atoms with E-state index in [2.05, 4.69) is 21.0 Å². The Kier molecular flexibility index (Phi) is 3.67. The highest BCUT2D eigenvalue weighted by Gasteiger charge is 2.44. The van der Waals surface area contributed by atoms with E-state index in [4.69, 9.17) is 0 Å². The molecule has 1 aromatic carbocycles. The summed E-state index contributed by atoms with van der Waals surface area (Å²) in [6.07, 6.45) is -0.0139. The summed E-state index contributed by atoms with van der Waals surface area (Å²) in [5.74, 6) is 1.32. The molecule has 24 heavy (non-hydrogen) atoms. The number of benzene rings is 1. The van der Waals surface area contributed by atoms with Gasteiger partial charge in [0.1, 0.15) is 4.47 Å². The lowest BCUT2D eigenvalue weighted by Gasteiger charge is -2.15. The molecule has 2 aliphatic carbocycles. The van der Waals surface area contributed by atoms with Gasteiger partial charge < -0.3 is 0 Å². The number of aromatic nitrogens is 2. The Bertz CT molecular complexity index is 819. The summed E-state index contributed by atoms with van der Waals surface area (Å²) in [4.78, 5) is 12.6. The van der Waals surface area contributed by atoms with Gasteiger partial charge in [0.25, 0.3) is 5.56 Å². The summed E-state index contributed by atoms with van der Waals surface area (Å²) >= 11 is 3.32. The van der Waals surface area contributed by atoms with Crippen LogP contribution >= 0.6 is 15.9 Å². The highest BCUT2D eigenvalue weighted by Crippen LogP contribution is 2.55. The molecule has 2 aliphatic rings. The van der Waals surface area contributed by atoms with E-state index in [-0.39, 0.29) is 11.6 Å². The molecule has 1 N–H and O–H groups in total. The lowest BCUT2D eigenvalue weighted by Crippen LogP contribution is -2.19. The molecule has 7 heteroatoms. The Morgan fingerprint density at radius 3 is 2.25 bits per heavy atom. The summed E-state index contributed by atoms with van der Waals surface area (Å²) in [6.45, 7) is 0. The molecule has 0 bridgehead atoms. The Balaban J connectivity index is 1.84. The highest BCUT2D eigenvalue weighted by atomic mass is 79.9. The molecule has 4 rings (SSSR count). The normalized spacial score (nSPS) is 18.4. The minimum atomic E-state index is -4.51. The highest BCUT2D eigenvalue weighted by molar-refractivity contribution is 9.10. The van der Waals surface area contributed by atoms with Gasteiger partial charge >= 0.3 is 6.18 Å². The first kappa shape index (κ1) is 16.0. The van der Waals surface area contributed by atoms with E-state index in [0.717, 1.165) is 42.1 Å². The van der Waals surface area contributed by atoms with Crippen LogP contribution < -0.4 is 5.56 Å². The van der Waals surface area contributed by atoms with E-state index in [1.54, 1.807) is 0 Å². The SMILES string of the molecule is O=c1c(Br)c(C(C2CC2)C2CC2)[nH]n1-c1ccccc1C(F)(F)F. The molecule has 0 saturated heterocycles. The third-order valence-electron chi connectivity index (χ3n) is 4.90. The molecule has 0 amide bonds. The summed E-state index contributed by atoms with van der Waals surface area (Å²) in [5, 5.41) is 2.98. The van der Waals surface area contributed by atoms with E-state index < -0.39 is 17.3 Å². The van der Waals surface area contributed by atoms with Crippen molar-refractivity contribution in [1.29, 1.82) is 0 Å². The predicted molar refractivity (Wildman–Crippen MR) is 87.3 cm³/mol. The zero-order chi connectivity index (χ0) is 17.1.